The highest BCUT2D eigenvalue weighted by atomic mass is 16.3. The third kappa shape index (κ3) is 3.11. The van der Waals surface area contributed by atoms with Gasteiger partial charge in [-0.05, 0) is 92.1 Å². The first kappa shape index (κ1) is 20.3. The van der Waals surface area contributed by atoms with Crippen molar-refractivity contribution < 1.29 is 20.4 Å². The normalized spacial score (nSPS) is 46.3. The third-order valence-electron chi connectivity index (χ3n) is 8.74. The van der Waals surface area contributed by atoms with Gasteiger partial charge in [-0.1, -0.05) is 13.0 Å². The Labute approximate surface area is 167 Å². The van der Waals surface area contributed by atoms with E-state index in [1.807, 2.05) is 18.2 Å². The molecule has 8 atom stereocenters. The van der Waals surface area contributed by atoms with Crippen LogP contribution >= 0.6 is 0 Å². The van der Waals surface area contributed by atoms with Gasteiger partial charge in [0.1, 0.15) is 5.60 Å². The Bertz CT molecular complexity index is 670. The smallest absolute Gasteiger partial charge is 0.110 e. The topological polar surface area (TPSA) is 93.8 Å². The number of fused-ring (bicyclic) bond motifs is 1. The molecule has 4 rings (SSSR count). The van der Waals surface area contributed by atoms with Crippen LogP contribution in [0.3, 0.4) is 0 Å². The molecule has 3 fully saturated rings. The van der Waals surface area contributed by atoms with E-state index in [9.17, 15) is 20.4 Å². The zero-order valence-corrected chi connectivity index (χ0v) is 16.9. The van der Waals surface area contributed by atoms with Gasteiger partial charge in [-0.3, -0.25) is 4.98 Å². The van der Waals surface area contributed by atoms with Crippen LogP contribution in [0.4, 0.5) is 0 Å². The van der Waals surface area contributed by atoms with Gasteiger partial charge in [0.2, 0.25) is 0 Å². The minimum Gasteiger partial charge on any atom is -0.396 e. The summed E-state index contributed by atoms with van der Waals surface area (Å²) in [6, 6.07) is 5.73. The summed E-state index contributed by atoms with van der Waals surface area (Å²) in [5.41, 5.74) is -0.208. The van der Waals surface area contributed by atoms with Crippen LogP contribution < -0.4 is 0 Å². The Morgan fingerprint density at radius 3 is 2.50 bits per heavy atom. The second-order valence-electron chi connectivity index (χ2n) is 9.79. The van der Waals surface area contributed by atoms with Crippen molar-refractivity contribution >= 4 is 0 Å². The van der Waals surface area contributed by atoms with Crippen LogP contribution in [-0.2, 0) is 5.60 Å². The average molecular weight is 390 g/mol. The van der Waals surface area contributed by atoms with Crippen LogP contribution in [0.5, 0.6) is 0 Å². The minimum atomic E-state index is -0.898. The number of aliphatic hydroxyl groups excluding tert-OH is 3. The molecular weight excluding hydrogens is 354 g/mol. The summed E-state index contributed by atoms with van der Waals surface area (Å²) in [5.74, 6) is 0.920. The lowest BCUT2D eigenvalue weighted by Gasteiger charge is -2.54. The van der Waals surface area contributed by atoms with Gasteiger partial charge in [0.05, 0.1) is 11.8 Å². The molecule has 4 N–H and O–H groups in total. The fraction of sp³-hybridized carbons (Fsp3) is 0.783. The van der Waals surface area contributed by atoms with Crippen molar-refractivity contribution in [2.24, 2.45) is 35.0 Å². The van der Waals surface area contributed by atoms with E-state index in [-0.39, 0.29) is 48.4 Å². The molecule has 0 spiro atoms. The van der Waals surface area contributed by atoms with Crippen molar-refractivity contribution in [1.29, 1.82) is 0 Å². The number of aliphatic hydroxyl groups is 4. The van der Waals surface area contributed by atoms with E-state index in [1.54, 1.807) is 6.20 Å². The molecule has 156 valence electrons. The Morgan fingerprint density at radius 1 is 1.04 bits per heavy atom. The maximum atomic E-state index is 11.5. The van der Waals surface area contributed by atoms with E-state index in [0.29, 0.717) is 18.8 Å². The van der Waals surface area contributed by atoms with Crippen molar-refractivity contribution in [3.05, 3.63) is 30.1 Å². The van der Waals surface area contributed by atoms with Crippen molar-refractivity contribution in [3.8, 4) is 0 Å². The molecule has 3 aliphatic rings. The van der Waals surface area contributed by atoms with Crippen LogP contribution in [0.2, 0.25) is 0 Å². The zero-order chi connectivity index (χ0) is 19.9. The maximum absolute atomic E-state index is 11.5. The lowest BCUT2D eigenvalue weighted by atomic mass is 9.51. The first-order chi connectivity index (χ1) is 13.4. The lowest BCUT2D eigenvalue weighted by molar-refractivity contribution is -0.115. The van der Waals surface area contributed by atoms with E-state index in [2.05, 4.69) is 11.9 Å². The molecule has 0 aromatic carbocycles. The summed E-state index contributed by atoms with van der Waals surface area (Å²) >= 11 is 0. The molecule has 0 radical (unpaired) electrons. The summed E-state index contributed by atoms with van der Waals surface area (Å²) in [4.78, 5) is 4.46. The van der Waals surface area contributed by atoms with Gasteiger partial charge in [-0.15, -0.1) is 0 Å². The molecule has 0 amide bonds. The molecular formula is C23H35NO4. The molecule has 0 bridgehead atoms. The van der Waals surface area contributed by atoms with Crippen LogP contribution in [0.1, 0.15) is 57.6 Å². The van der Waals surface area contributed by atoms with Crippen molar-refractivity contribution in [2.75, 3.05) is 13.2 Å². The van der Waals surface area contributed by atoms with Gasteiger partial charge in [0.25, 0.3) is 0 Å². The van der Waals surface area contributed by atoms with Crippen molar-refractivity contribution in [2.45, 2.75) is 63.6 Å². The van der Waals surface area contributed by atoms with Crippen LogP contribution in [-0.4, -0.2) is 44.7 Å². The second kappa shape index (κ2) is 7.67. The third-order valence-corrected chi connectivity index (χ3v) is 8.74. The van der Waals surface area contributed by atoms with Gasteiger partial charge in [-0.25, -0.2) is 0 Å². The largest absolute Gasteiger partial charge is 0.396 e. The predicted molar refractivity (Wildman–Crippen MR) is 106 cm³/mol. The zero-order valence-electron chi connectivity index (χ0n) is 16.9. The van der Waals surface area contributed by atoms with E-state index in [4.69, 9.17) is 0 Å². The Kier molecular flexibility index (Phi) is 5.56. The quantitative estimate of drug-likeness (QED) is 0.635. The lowest BCUT2D eigenvalue weighted by Crippen LogP contribution is -2.51. The number of rotatable bonds is 4. The van der Waals surface area contributed by atoms with Gasteiger partial charge in [0, 0.05) is 19.4 Å². The standard InChI is InChI=1S/C23H35NO4/c1-22(9-7-16(27)12-15(22)13-25)19-5-6-20-17(18(19)14-26)8-10-23(20,28)21-4-2-3-11-24-21/h2-4,11,15-20,25-28H,5-10,12-14H2,1H3/t15-,16+,17+,18+,19+,20+,22+,23+/m1/s1. The summed E-state index contributed by atoms with van der Waals surface area (Å²) in [7, 11) is 0. The average Bonchev–Trinajstić information content (AvgIpc) is 3.08. The van der Waals surface area contributed by atoms with Crippen LogP contribution in [0.25, 0.3) is 0 Å². The monoisotopic (exact) mass is 389 g/mol. The highest BCUT2D eigenvalue weighted by molar-refractivity contribution is 5.19. The molecule has 3 aliphatic carbocycles. The number of hydrogen-bond donors (Lipinski definition) is 4. The van der Waals surface area contributed by atoms with E-state index >= 15 is 0 Å². The Morgan fingerprint density at radius 2 is 1.82 bits per heavy atom. The van der Waals surface area contributed by atoms with Crippen LogP contribution in [0, 0.1) is 35.0 Å². The van der Waals surface area contributed by atoms with Crippen LogP contribution in [0.15, 0.2) is 24.4 Å². The van der Waals surface area contributed by atoms with E-state index < -0.39 is 5.60 Å². The second-order valence-corrected chi connectivity index (χ2v) is 9.79. The molecule has 3 saturated carbocycles. The molecule has 0 unspecified atom stereocenters. The fourth-order valence-corrected chi connectivity index (χ4v) is 7.15. The van der Waals surface area contributed by atoms with E-state index in [1.165, 1.54) is 0 Å². The fourth-order valence-electron chi connectivity index (χ4n) is 7.15. The SMILES string of the molecule is C[C@]1([C@H]2CC[C@H]3[C@@H](CC[C@@]3(O)c3ccccn3)[C@@H]2CO)CC[C@H](O)C[C@@H]1CO. The van der Waals surface area contributed by atoms with Gasteiger partial charge >= 0.3 is 0 Å². The summed E-state index contributed by atoms with van der Waals surface area (Å²) in [6.07, 6.45) is 7.21. The molecule has 1 aromatic heterocycles. The van der Waals surface area contributed by atoms with Gasteiger partial charge in [0.15, 0.2) is 0 Å². The minimum absolute atomic E-state index is 0.0714. The number of nitrogens with zero attached hydrogens (tertiary/aromatic N) is 1. The Hall–Kier alpha value is -1.01. The number of hydrogen-bond acceptors (Lipinski definition) is 5. The van der Waals surface area contributed by atoms with Crippen molar-refractivity contribution in [1.82, 2.24) is 4.98 Å². The first-order valence-electron chi connectivity index (χ1n) is 11.0. The van der Waals surface area contributed by atoms with E-state index in [0.717, 1.165) is 37.8 Å². The highest BCUT2D eigenvalue weighted by Crippen LogP contribution is 2.61. The predicted octanol–water partition coefficient (Wildman–Crippen LogP) is 2.47. The highest BCUT2D eigenvalue weighted by Gasteiger charge is 2.58. The summed E-state index contributed by atoms with van der Waals surface area (Å²) in [6.45, 7) is 2.47. The molecule has 28 heavy (non-hydrogen) atoms. The molecule has 1 heterocycles. The molecule has 5 nitrogen and oxygen atoms in total. The van der Waals surface area contributed by atoms with Gasteiger partial charge in [-0.2, -0.15) is 0 Å². The molecule has 0 aliphatic heterocycles. The van der Waals surface area contributed by atoms with Gasteiger partial charge < -0.3 is 20.4 Å². The first-order valence-corrected chi connectivity index (χ1v) is 11.0. The molecule has 5 heteroatoms. The summed E-state index contributed by atoms with van der Waals surface area (Å²) < 4.78 is 0. The Balaban J connectivity index is 1.61. The maximum Gasteiger partial charge on any atom is 0.110 e. The molecule has 0 saturated heterocycles. The molecule has 1 aromatic rings. The summed E-state index contributed by atoms with van der Waals surface area (Å²) in [5, 5.41) is 42.1. The number of pyridine rings is 1. The number of aromatic nitrogens is 1. The van der Waals surface area contributed by atoms with Crippen molar-refractivity contribution in [3.63, 3.8) is 0 Å².